The van der Waals surface area contributed by atoms with Crippen LogP contribution in [-0.2, 0) is 14.3 Å². The molecule has 3 N–H and O–H groups in total. The number of fused-ring (bicyclic) bond motifs is 3. The highest BCUT2D eigenvalue weighted by Gasteiger charge is 2.35. The minimum atomic E-state index is -0.648. The van der Waals surface area contributed by atoms with Gasteiger partial charge in [-0.05, 0) is 56.2 Å². The molecule has 11 nitrogen and oxygen atoms in total. The molecule has 0 saturated heterocycles. The highest BCUT2D eigenvalue weighted by atomic mass is 16.5. The number of aliphatic imine (C=N–C) groups is 1. The molecule has 214 valence electrons. The first-order valence-electron chi connectivity index (χ1n) is 13.6. The molecule has 1 aromatic carbocycles. The van der Waals surface area contributed by atoms with Crippen LogP contribution < -0.4 is 25.7 Å². The van der Waals surface area contributed by atoms with E-state index in [1.54, 1.807) is 7.11 Å². The van der Waals surface area contributed by atoms with Gasteiger partial charge in [-0.1, -0.05) is 27.4 Å². The minimum Gasteiger partial charge on any atom is -0.491 e. The molecule has 0 aliphatic carbocycles. The Balaban J connectivity index is 1.55. The molecule has 39 heavy (non-hydrogen) atoms. The summed E-state index contributed by atoms with van der Waals surface area (Å²) in [4.78, 5) is 31.6. The number of unbranched alkanes of at least 4 members (excludes halogenated alkanes) is 1. The van der Waals surface area contributed by atoms with Crippen LogP contribution in [0.5, 0.6) is 5.75 Å². The summed E-state index contributed by atoms with van der Waals surface area (Å²) in [5, 5.41) is 10.1. The molecule has 2 aliphatic rings. The third-order valence-electron chi connectivity index (χ3n) is 6.38. The topological polar surface area (TPSA) is 126 Å². The summed E-state index contributed by atoms with van der Waals surface area (Å²) < 4.78 is 15.9. The van der Waals surface area contributed by atoms with Crippen LogP contribution in [0.25, 0.3) is 0 Å². The lowest BCUT2D eigenvalue weighted by atomic mass is 10.0. The number of hydrogen-bond acceptors (Lipinski definition) is 9. The van der Waals surface area contributed by atoms with Crippen LogP contribution in [0.15, 0.2) is 40.4 Å². The molecule has 2 atom stereocenters. The second-order valence-corrected chi connectivity index (χ2v) is 9.92. The Morgan fingerprint density at radius 1 is 1.21 bits per heavy atom. The summed E-state index contributed by atoms with van der Waals surface area (Å²) in [6, 6.07) is 5.19. The summed E-state index contributed by atoms with van der Waals surface area (Å²) in [5.41, 5.74) is 6.50. The molecule has 1 aromatic rings. The number of ether oxygens (including phenoxy) is 3. The molecule has 1 unspecified atom stereocenters. The number of nitrogens with one attached hydrogen (secondary N) is 3. The normalized spacial score (nSPS) is 16.4. The van der Waals surface area contributed by atoms with Crippen molar-refractivity contribution in [2.24, 2.45) is 16.0 Å². The largest absolute Gasteiger partial charge is 0.491 e. The summed E-state index contributed by atoms with van der Waals surface area (Å²) in [6.07, 6.45) is 2.39. The Bertz CT molecular complexity index is 1090. The first kappa shape index (κ1) is 29.9. The smallest absolute Gasteiger partial charge is 0.407 e. The Morgan fingerprint density at radius 2 is 2.00 bits per heavy atom. The summed E-state index contributed by atoms with van der Waals surface area (Å²) in [7, 11) is 1.64. The van der Waals surface area contributed by atoms with E-state index >= 15 is 0 Å². The van der Waals surface area contributed by atoms with Crippen molar-refractivity contribution in [3.63, 3.8) is 0 Å². The fourth-order valence-electron chi connectivity index (χ4n) is 4.28. The van der Waals surface area contributed by atoms with Gasteiger partial charge in [0, 0.05) is 19.7 Å². The summed E-state index contributed by atoms with van der Waals surface area (Å²) in [5.74, 6) is 1.19. The molecule has 2 aliphatic heterocycles. The van der Waals surface area contributed by atoms with Crippen molar-refractivity contribution in [3.8, 4) is 5.75 Å². The van der Waals surface area contributed by atoms with Gasteiger partial charge in [0.05, 0.1) is 24.6 Å². The van der Waals surface area contributed by atoms with Crippen molar-refractivity contribution < 1.29 is 23.8 Å². The SMILES string of the molecule is C=C(CCCCNC(=O)[C@@H](NC(=O)OCCC)C(C)C)C1=Nc2cc(OCCOC)ccc2N2C1=NNC2C. The van der Waals surface area contributed by atoms with Crippen LogP contribution in [0.2, 0.25) is 0 Å². The monoisotopic (exact) mass is 542 g/mol. The fraction of sp³-hybridized carbons (Fsp3) is 0.571. The van der Waals surface area contributed by atoms with Gasteiger partial charge in [-0.15, -0.1) is 0 Å². The molecule has 0 aromatic heterocycles. The van der Waals surface area contributed by atoms with Crippen LogP contribution in [0.1, 0.15) is 53.4 Å². The summed E-state index contributed by atoms with van der Waals surface area (Å²) >= 11 is 0. The second-order valence-electron chi connectivity index (χ2n) is 9.92. The molecular formula is C28H42N6O5. The van der Waals surface area contributed by atoms with E-state index in [1.165, 1.54) is 0 Å². The lowest BCUT2D eigenvalue weighted by molar-refractivity contribution is -0.124. The van der Waals surface area contributed by atoms with E-state index in [0.29, 0.717) is 32.8 Å². The number of rotatable bonds is 15. The number of nitrogens with zero attached hydrogens (tertiary/aromatic N) is 3. The van der Waals surface area contributed by atoms with Crippen LogP contribution in [0.4, 0.5) is 16.2 Å². The van der Waals surface area contributed by atoms with E-state index in [1.807, 2.05) is 45.9 Å². The van der Waals surface area contributed by atoms with Crippen LogP contribution in [0, 0.1) is 5.92 Å². The lowest BCUT2D eigenvalue weighted by Gasteiger charge is -2.30. The third-order valence-corrected chi connectivity index (χ3v) is 6.38. The predicted molar refractivity (Wildman–Crippen MR) is 153 cm³/mol. The Labute approximate surface area is 231 Å². The van der Waals surface area contributed by atoms with Crippen LogP contribution in [-0.4, -0.2) is 69.2 Å². The van der Waals surface area contributed by atoms with Gasteiger partial charge in [0.2, 0.25) is 5.91 Å². The average Bonchev–Trinajstić information content (AvgIpc) is 3.31. The first-order chi connectivity index (χ1) is 18.8. The highest BCUT2D eigenvalue weighted by Crippen LogP contribution is 2.39. The fourth-order valence-corrected chi connectivity index (χ4v) is 4.28. The van der Waals surface area contributed by atoms with Gasteiger partial charge in [0.25, 0.3) is 0 Å². The van der Waals surface area contributed by atoms with Crippen LogP contribution >= 0.6 is 0 Å². The Hall–Kier alpha value is -3.60. The molecule has 3 rings (SSSR count). The molecule has 11 heteroatoms. The molecule has 2 heterocycles. The average molecular weight is 543 g/mol. The number of amidine groups is 1. The number of carbonyl (C=O) groups excluding carboxylic acids is 2. The molecule has 0 radical (unpaired) electrons. The van der Waals surface area contributed by atoms with Crippen LogP contribution in [0.3, 0.4) is 0 Å². The molecular weight excluding hydrogens is 500 g/mol. The number of hydrogen-bond donors (Lipinski definition) is 3. The van der Waals surface area contributed by atoms with E-state index < -0.39 is 12.1 Å². The number of methoxy groups -OCH3 is 1. The van der Waals surface area contributed by atoms with Gasteiger partial charge in [-0.3, -0.25) is 15.1 Å². The van der Waals surface area contributed by atoms with Gasteiger partial charge < -0.3 is 24.8 Å². The predicted octanol–water partition coefficient (Wildman–Crippen LogP) is 3.87. The number of anilines is 1. The highest BCUT2D eigenvalue weighted by molar-refractivity contribution is 6.53. The Kier molecular flexibility index (Phi) is 11.2. The number of carbonyl (C=O) groups is 2. The maximum atomic E-state index is 12.7. The van der Waals surface area contributed by atoms with Gasteiger partial charge in [-0.2, -0.15) is 5.10 Å². The zero-order valence-electron chi connectivity index (χ0n) is 23.7. The van der Waals surface area contributed by atoms with Crippen molar-refractivity contribution in [1.29, 1.82) is 0 Å². The van der Waals surface area contributed by atoms with E-state index in [-0.39, 0.29) is 18.0 Å². The number of alkyl carbamates (subject to hydrolysis) is 1. The second kappa shape index (κ2) is 14.5. The van der Waals surface area contributed by atoms with Gasteiger partial charge in [0.1, 0.15) is 30.3 Å². The van der Waals surface area contributed by atoms with E-state index in [4.69, 9.17) is 19.2 Å². The maximum absolute atomic E-state index is 12.7. The summed E-state index contributed by atoms with van der Waals surface area (Å²) in [6.45, 7) is 13.8. The number of benzene rings is 1. The van der Waals surface area contributed by atoms with Gasteiger partial charge in [0.15, 0.2) is 5.84 Å². The lowest BCUT2D eigenvalue weighted by Crippen LogP contribution is -2.50. The molecule has 0 bridgehead atoms. The molecule has 2 amide bonds. The quantitative estimate of drug-likeness (QED) is 0.287. The maximum Gasteiger partial charge on any atom is 0.407 e. The number of hydrazone groups is 1. The third kappa shape index (κ3) is 7.95. The van der Waals surface area contributed by atoms with Crippen molar-refractivity contribution in [1.82, 2.24) is 16.1 Å². The minimum absolute atomic E-state index is 0.0192. The van der Waals surface area contributed by atoms with Gasteiger partial charge >= 0.3 is 6.09 Å². The van der Waals surface area contributed by atoms with E-state index in [9.17, 15) is 9.59 Å². The molecule has 0 saturated carbocycles. The van der Waals surface area contributed by atoms with Gasteiger partial charge in [-0.25, -0.2) is 9.79 Å². The van der Waals surface area contributed by atoms with E-state index in [0.717, 1.165) is 53.5 Å². The number of amides is 2. The standard InChI is InChI=1S/C28H42N6O5/c1-7-14-39-28(36)31-24(18(2)3)27(35)29-13-9-8-10-19(4)25-26-33-32-20(5)34(26)23-12-11-21(17-22(23)30-25)38-16-15-37-6/h11-12,17-18,20,24,32H,4,7-10,13-16H2,1-3,5-6H3,(H,29,35)(H,31,36)/t20?,24-/m0/s1. The molecule has 0 spiro atoms. The van der Waals surface area contributed by atoms with Crippen molar-refractivity contribution in [2.75, 3.05) is 38.4 Å². The van der Waals surface area contributed by atoms with Crippen molar-refractivity contribution in [3.05, 3.63) is 30.4 Å². The van der Waals surface area contributed by atoms with Crippen molar-refractivity contribution in [2.45, 2.75) is 65.6 Å². The van der Waals surface area contributed by atoms with Crippen molar-refractivity contribution >= 4 is 34.9 Å². The zero-order valence-corrected chi connectivity index (χ0v) is 23.7. The first-order valence-corrected chi connectivity index (χ1v) is 13.6. The Morgan fingerprint density at radius 3 is 2.72 bits per heavy atom. The van der Waals surface area contributed by atoms with E-state index in [2.05, 4.69) is 32.6 Å². The molecule has 0 fully saturated rings. The zero-order chi connectivity index (χ0) is 28.4.